The summed E-state index contributed by atoms with van der Waals surface area (Å²) in [6, 6.07) is 3.53. The summed E-state index contributed by atoms with van der Waals surface area (Å²) in [5.41, 5.74) is 6.00. The third kappa shape index (κ3) is 4.24. The smallest absolute Gasteiger partial charge is 0.126 e. The van der Waals surface area contributed by atoms with Gasteiger partial charge in [-0.2, -0.15) is 0 Å². The highest BCUT2D eigenvalue weighted by Gasteiger charge is 2.07. The second-order valence-electron chi connectivity index (χ2n) is 3.87. The summed E-state index contributed by atoms with van der Waals surface area (Å²) in [6.07, 6.45) is 1.93. The monoisotopic (exact) mass is 228 g/mol. The zero-order valence-corrected chi connectivity index (χ0v) is 9.47. The maximum atomic E-state index is 12.9. The molecule has 1 aromatic carbocycles. The predicted octanol–water partition coefficient (Wildman–Crippen LogP) is 2.35. The lowest BCUT2D eigenvalue weighted by Crippen LogP contribution is -2.20. The molecule has 4 heteroatoms. The van der Waals surface area contributed by atoms with E-state index in [1.54, 1.807) is 0 Å². The van der Waals surface area contributed by atoms with Crippen molar-refractivity contribution in [3.8, 4) is 0 Å². The van der Waals surface area contributed by atoms with Crippen LogP contribution in [0.5, 0.6) is 0 Å². The molecule has 0 fully saturated rings. The average molecular weight is 228 g/mol. The Balaban J connectivity index is 2.48. The third-order valence-electron chi connectivity index (χ3n) is 2.47. The van der Waals surface area contributed by atoms with Gasteiger partial charge in [-0.25, -0.2) is 8.78 Å². The Bertz CT molecular complexity index is 309. The molecule has 0 saturated carbocycles. The maximum Gasteiger partial charge on any atom is 0.126 e. The van der Waals surface area contributed by atoms with Crippen molar-refractivity contribution in [3.05, 3.63) is 35.4 Å². The van der Waals surface area contributed by atoms with Gasteiger partial charge in [0, 0.05) is 12.1 Å². The Kier molecular flexibility index (Phi) is 5.35. The Morgan fingerprint density at radius 1 is 1.19 bits per heavy atom. The van der Waals surface area contributed by atoms with Gasteiger partial charge in [-0.1, -0.05) is 0 Å². The first-order chi connectivity index (χ1) is 7.63. The summed E-state index contributed by atoms with van der Waals surface area (Å²) in [7, 11) is 0. The summed E-state index contributed by atoms with van der Waals surface area (Å²) < 4.78 is 25.9. The van der Waals surface area contributed by atoms with E-state index in [-0.39, 0.29) is 6.04 Å². The van der Waals surface area contributed by atoms with E-state index in [2.05, 4.69) is 5.32 Å². The van der Waals surface area contributed by atoms with E-state index < -0.39 is 11.6 Å². The molecule has 90 valence electrons. The molecule has 0 amide bonds. The highest BCUT2D eigenvalue weighted by atomic mass is 19.1. The minimum absolute atomic E-state index is 0.0528. The minimum atomic E-state index is -0.536. The molecule has 1 aromatic rings. The molecular formula is C12H18F2N2. The van der Waals surface area contributed by atoms with Crippen molar-refractivity contribution >= 4 is 0 Å². The van der Waals surface area contributed by atoms with E-state index in [9.17, 15) is 8.78 Å². The number of benzene rings is 1. The van der Waals surface area contributed by atoms with Crippen LogP contribution in [0.3, 0.4) is 0 Å². The van der Waals surface area contributed by atoms with E-state index in [0.29, 0.717) is 12.1 Å². The van der Waals surface area contributed by atoms with E-state index in [4.69, 9.17) is 5.73 Å². The summed E-state index contributed by atoms with van der Waals surface area (Å²) in [4.78, 5) is 0. The Morgan fingerprint density at radius 3 is 2.38 bits per heavy atom. The van der Waals surface area contributed by atoms with Crippen LogP contribution in [0.25, 0.3) is 0 Å². The van der Waals surface area contributed by atoms with Gasteiger partial charge in [0.2, 0.25) is 0 Å². The Morgan fingerprint density at radius 2 is 1.81 bits per heavy atom. The number of nitrogens with one attached hydrogen (secondary N) is 1. The highest BCUT2D eigenvalue weighted by Crippen LogP contribution is 2.15. The summed E-state index contributed by atoms with van der Waals surface area (Å²) in [6.45, 7) is 3.36. The van der Waals surface area contributed by atoms with Crippen LogP contribution < -0.4 is 11.1 Å². The number of hydrogen-bond donors (Lipinski definition) is 2. The molecule has 1 atom stereocenters. The highest BCUT2D eigenvalue weighted by molar-refractivity contribution is 5.20. The van der Waals surface area contributed by atoms with Gasteiger partial charge in [0.15, 0.2) is 0 Å². The Labute approximate surface area is 94.8 Å². The van der Waals surface area contributed by atoms with E-state index in [0.717, 1.165) is 25.5 Å². The molecule has 0 bridgehead atoms. The summed E-state index contributed by atoms with van der Waals surface area (Å²) in [5, 5.41) is 3.20. The molecule has 2 nitrogen and oxygen atoms in total. The van der Waals surface area contributed by atoms with Gasteiger partial charge in [-0.15, -0.1) is 0 Å². The SMILES string of the molecule is CC(NCCCCN)c1cc(F)cc(F)c1. The number of nitrogens with two attached hydrogens (primary N) is 1. The minimum Gasteiger partial charge on any atom is -0.330 e. The second-order valence-corrected chi connectivity index (χ2v) is 3.87. The van der Waals surface area contributed by atoms with Gasteiger partial charge < -0.3 is 11.1 Å². The quantitative estimate of drug-likeness (QED) is 0.733. The molecule has 0 aliphatic carbocycles. The third-order valence-corrected chi connectivity index (χ3v) is 2.47. The first-order valence-corrected chi connectivity index (χ1v) is 5.53. The molecule has 0 aliphatic heterocycles. The largest absolute Gasteiger partial charge is 0.330 e. The van der Waals surface area contributed by atoms with Crippen LogP contribution in [0.2, 0.25) is 0 Å². The van der Waals surface area contributed by atoms with Crippen molar-refractivity contribution < 1.29 is 8.78 Å². The Hall–Kier alpha value is -1.00. The van der Waals surface area contributed by atoms with Crippen LogP contribution in [0, 0.1) is 11.6 Å². The second kappa shape index (κ2) is 6.55. The van der Waals surface area contributed by atoms with Crippen molar-refractivity contribution in [1.29, 1.82) is 0 Å². The fourth-order valence-electron chi connectivity index (χ4n) is 1.53. The molecule has 1 unspecified atom stereocenters. The zero-order chi connectivity index (χ0) is 12.0. The van der Waals surface area contributed by atoms with Gasteiger partial charge in [0.25, 0.3) is 0 Å². The molecule has 0 heterocycles. The van der Waals surface area contributed by atoms with Crippen LogP contribution >= 0.6 is 0 Å². The van der Waals surface area contributed by atoms with E-state index >= 15 is 0 Å². The standard InChI is InChI=1S/C12H18F2N2/c1-9(16-5-3-2-4-15)10-6-11(13)8-12(14)7-10/h6-9,16H,2-5,15H2,1H3. The summed E-state index contributed by atoms with van der Waals surface area (Å²) in [5.74, 6) is -1.07. The van der Waals surface area contributed by atoms with Gasteiger partial charge in [-0.3, -0.25) is 0 Å². The number of rotatable bonds is 6. The van der Waals surface area contributed by atoms with Crippen molar-refractivity contribution in [2.75, 3.05) is 13.1 Å². The van der Waals surface area contributed by atoms with Crippen molar-refractivity contribution in [3.63, 3.8) is 0 Å². The fraction of sp³-hybridized carbons (Fsp3) is 0.500. The van der Waals surface area contributed by atoms with Crippen molar-refractivity contribution in [2.45, 2.75) is 25.8 Å². The number of hydrogen-bond acceptors (Lipinski definition) is 2. The van der Waals surface area contributed by atoms with Crippen LogP contribution in [0.1, 0.15) is 31.4 Å². The molecule has 3 N–H and O–H groups in total. The van der Waals surface area contributed by atoms with E-state index in [1.807, 2.05) is 6.92 Å². The maximum absolute atomic E-state index is 12.9. The lowest BCUT2D eigenvalue weighted by molar-refractivity contribution is 0.532. The lowest BCUT2D eigenvalue weighted by atomic mass is 10.1. The molecule has 0 aromatic heterocycles. The molecule has 0 spiro atoms. The molecule has 1 rings (SSSR count). The van der Waals surface area contributed by atoms with Gasteiger partial charge >= 0.3 is 0 Å². The molecular weight excluding hydrogens is 210 g/mol. The molecule has 0 aliphatic rings. The first-order valence-electron chi connectivity index (χ1n) is 5.53. The zero-order valence-electron chi connectivity index (χ0n) is 9.47. The fourth-order valence-corrected chi connectivity index (χ4v) is 1.53. The molecule has 0 radical (unpaired) electrons. The lowest BCUT2D eigenvalue weighted by Gasteiger charge is -2.14. The first kappa shape index (κ1) is 13.1. The van der Waals surface area contributed by atoms with Crippen molar-refractivity contribution in [2.24, 2.45) is 5.73 Å². The predicted molar refractivity (Wildman–Crippen MR) is 61.1 cm³/mol. The summed E-state index contributed by atoms with van der Waals surface area (Å²) >= 11 is 0. The van der Waals surface area contributed by atoms with E-state index in [1.165, 1.54) is 12.1 Å². The molecule has 0 saturated heterocycles. The number of unbranched alkanes of at least 4 members (excludes halogenated alkanes) is 1. The average Bonchev–Trinajstić information content (AvgIpc) is 2.22. The van der Waals surface area contributed by atoms with Crippen LogP contribution in [0.15, 0.2) is 18.2 Å². The van der Waals surface area contributed by atoms with Gasteiger partial charge in [0.05, 0.1) is 0 Å². The molecule has 16 heavy (non-hydrogen) atoms. The van der Waals surface area contributed by atoms with Crippen LogP contribution in [-0.4, -0.2) is 13.1 Å². The van der Waals surface area contributed by atoms with Gasteiger partial charge in [-0.05, 0) is 50.6 Å². The van der Waals surface area contributed by atoms with Gasteiger partial charge in [0.1, 0.15) is 11.6 Å². The van der Waals surface area contributed by atoms with Crippen LogP contribution in [-0.2, 0) is 0 Å². The van der Waals surface area contributed by atoms with Crippen LogP contribution in [0.4, 0.5) is 8.78 Å². The normalized spacial score (nSPS) is 12.8. The topological polar surface area (TPSA) is 38.0 Å². The number of halogens is 2. The van der Waals surface area contributed by atoms with Crippen molar-refractivity contribution in [1.82, 2.24) is 5.32 Å².